The number of aromatic nitrogens is 3. The third-order valence-electron chi connectivity index (χ3n) is 4.02. The average molecular weight is 380 g/mol. The summed E-state index contributed by atoms with van der Waals surface area (Å²) in [5.74, 6) is 2.31. The largest absolute Gasteiger partial charge is 0.434 e. The zero-order valence-electron chi connectivity index (χ0n) is 15.9. The molecule has 0 saturated heterocycles. The molecule has 0 fully saturated rings. The van der Waals surface area contributed by atoms with Crippen molar-refractivity contribution in [2.45, 2.75) is 46.4 Å². The van der Waals surface area contributed by atoms with E-state index < -0.39 is 6.61 Å². The van der Waals surface area contributed by atoms with Crippen LogP contribution in [0.1, 0.15) is 37.0 Å². The van der Waals surface area contributed by atoms with Gasteiger partial charge in [0.2, 0.25) is 0 Å². The number of hydrogen-bond acceptors (Lipinski definition) is 4. The van der Waals surface area contributed by atoms with Crippen LogP contribution in [0, 0.1) is 6.92 Å². The van der Waals surface area contributed by atoms with Crippen LogP contribution >= 0.6 is 0 Å². The van der Waals surface area contributed by atoms with Gasteiger partial charge in [0.1, 0.15) is 11.6 Å². The van der Waals surface area contributed by atoms with Crippen LogP contribution < -0.4 is 15.4 Å². The Bertz CT molecular complexity index is 747. The molecule has 0 aliphatic carbocycles. The number of benzene rings is 1. The highest BCUT2D eigenvalue weighted by molar-refractivity contribution is 5.79. The molecule has 2 N–H and O–H groups in total. The number of aliphatic imine (C=N–C) groups is 1. The summed E-state index contributed by atoms with van der Waals surface area (Å²) in [6.45, 7) is 2.54. The molecule has 0 saturated carbocycles. The molecule has 148 valence electrons. The summed E-state index contributed by atoms with van der Waals surface area (Å²) >= 11 is 0. The first-order valence-corrected chi connectivity index (χ1v) is 8.91. The third-order valence-corrected chi connectivity index (χ3v) is 4.02. The van der Waals surface area contributed by atoms with Gasteiger partial charge in [-0.2, -0.15) is 8.78 Å². The number of alkyl halides is 2. The number of hydrogen-bond donors (Lipinski definition) is 2. The predicted molar refractivity (Wildman–Crippen MR) is 99.7 cm³/mol. The lowest BCUT2D eigenvalue weighted by atomic mass is 10.2. The Hall–Kier alpha value is -2.71. The standard InChI is InChI=1S/C18H26F2N6O/c1-4-5-10-21-18(23-12-16-25-24-13(2)26(16)3)22-11-14-8-6-7-9-15(14)27-17(19)20/h6-9,17H,4-5,10-12H2,1-3H3,(H2,21,22,23). The molecule has 0 unspecified atom stereocenters. The zero-order chi connectivity index (χ0) is 19.6. The smallest absolute Gasteiger partial charge is 0.387 e. The molecular weight excluding hydrogens is 354 g/mol. The predicted octanol–water partition coefficient (Wildman–Crippen LogP) is 2.76. The molecule has 0 atom stereocenters. The fraction of sp³-hybridized carbons (Fsp3) is 0.500. The van der Waals surface area contributed by atoms with Crippen LogP contribution in [-0.2, 0) is 20.1 Å². The van der Waals surface area contributed by atoms with E-state index >= 15 is 0 Å². The van der Waals surface area contributed by atoms with Crippen LogP contribution in [0.3, 0.4) is 0 Å². The van der Waals surface area contributed by atoms with Gasteiger partial charge in [0.25, 0.3) is 0 Å². The van der Waals surface area contributed by atoms with Crippen molar-refractivity contribution in [3.8, 4) is 5.75 Å². The van der Waals surface area contributed by atoms with E-state index in [0.29, 0.717) is 18.1 Å². The molecule has 0 bridgehead atoms. The summed E-state index contributed by atoms with van der Waals surface area (Å²) in [6.07, 6.45) is 2.04. The van der Waals surface area contributed by atoms with E-state index in [2.05, 4.69) is 37.5 Å². The number of unbranched alkanes of at least 4 members (excludes halogenated alkanes) is 1. The number of guanidine groups is 1. The van der Waals surface area contributed by atoms with Crippen LogP contribution in [0.2, 0.25) is 0 Å². The lowest BCUT2D eigenvalue weighted by Gasteiger charge is -2.13. The highest BCUT2D eigenvalue weighted by atomic mass is 19.3. The second-order valence-corrected chi connectivity index (χ2v) is 6.01. The van der Waals surface area contributed by atoms with Crippen LogP contribution in [0.5, 0.6) is 5.75 Å². The van der Waals surface area contributed by atoms with Gasteiger partial charge in [-0.3, -0.25) is 0 Å². The number of para-hydroxylation sites is 1. The molecular formula is C18H26F2N6O. The van der Waals surface area contributed by atoms with Crippen LogP contribution in [0.15, 0.2) is 29.3 Å². The quantitative estimate of drug-likeness (QED) is 0.397. The minimum atomic E-state index is -2.87. The lowest BCUT2D eigenvalue weighted by Crippen LogP contribution is -2.38. The lowest BCUT2D eigenvalue weighted by molar-refractivity contribution is -0.0504. The molecule has 1 heterocycles. The van der Waals surface area contributed by atoms with Gasteiger partial charge in [0, 0.05) is 19.2 Å². The summed E-state index contributed by atoms with van der Waals surface area (Å²) in [6, 6.07) is 6.65. The monoisotopic (exact) mass is 380 g/mol. The maximum atomic E-state index is 12.6. The highest BCUT2D eigenvalue weighted by Crippen LogP contribution is 2.20. The molecule has 7 nitrogen and oxygen atoms in total. The number of ether oxygens (including phenoxy) is 1. The van der Waals surface area contributed by atoms with Crippen molar-refractivity contribution in [1.29, 1.82) is 0 Å². The number of halogens is 2. The van der Waals surface area contributed by atoms with Crippen molar-refractivity contribution >= 4 is 5.96 Å². The van der Waals surface area contributed by atoms with E-state index in [1.807, 2.05) is 18.5 Å². The molecule has 0 amide bonds. The maximum absolute atomic E-state index is 12.6. The summed E-state index contributed by atoms with van der Waals surface area (Å²) in [4.78, 5) is 4.50. The Kier molecular flexibility index (Phi) is 7.97. The molecule has 1 aromatic carbocycles. The second-order valence-electron chi connectivity index (χ2n) is 6.01. The zero-order valence-corrected chi connectivity index (χ0v) is 15.9. The van der Waals surface area contributed by atoms with Crippen molar-refractivity contribution in [2.75, 3.05) is 6.54 Å². The minimum Gasteiger partial charge on any atom is -0.434 e. The van der Waals surface area contributed by atoms with Crippen LogP contribution in [-0.4, -0.2) is 33.9 Å². The van der Waals surface area contributed by atoms with Gasteiger partial charge >= 0.3 is 6.61 Å². The summed E-state index contributed by atoms with van der Waals surface area (Å²) in [5.41, 5.74) is 0.587. The van der Waals surface area contributed by atoms with Crippen molar-refractivity contribution in [1.82, 2.24) is 25.4 Å². The van der Waals surface area contributed by atoms with Gasteiger partial charge in [0.05, 0.1) is 13.1 Å². The van der Waals surface area contributed by atoms with Gasteiger partial charge < -0.3 is 19.9 Å². The van der Waals surface area contributed by atoms with Gasteiger partial charge in [0.15, 0.2) is 11.8 Å². The van der Waals surface area contributed by atoms with Gasteiger partial charge in [-0.05, 0) is 19.4 Å². The van der Waals surface area contributed by atoms with Gasteiger partial charge in [-0.1, -0.05) is 31.5 Å². The first kappa shape index (κ1) is 20.6. The van der Waals surface area contributed by atoms with E-state index in [-0.39, 0.29) is 12.3 Å². The first-order chi connectivity index (χ1) is 13.0. The van der Waals surface area contributed by atoms with Crippen molar-refractivity contribution < 1.29 is 13.5 Å². The van der Waals surface area contributed by atoms with E-state index in [1.165, 1.54) is 6.07 Å². The molecule has 2 aromatic rings. The molecule has 0 spiro atoms. The van der Waals surface area contributed by atoms with Crippen molar-refractivity contribution in [2.24, 2.45) is 12.0 Å². The Morgan fingerprint density at radius 3 is 2.70 bits per heavy atom. The number of rotatable bonds is 9. The normalized spacial score (nSPS) is 11.7. The Morgan fingerprint density at radius 1 is 1.26 bits per heavy atom. The fourth-order valence-corrected chi connectivity index (χ4v) is 2.34. The molecule has 0 radical (unpaired) electrons. The minimum absolute atomic E-state index is 0.132. The summed E-state index contributed by atoms with van der Waals surface area (Å²) < 4.78 is 31.6. The highest BCUT2D eigenvalue weighted by Gasteiger charge is 2.10. The molecule has 0 aliphatic rings. The molecule has 0 aliphatic heterocycles. The fourth-order valence-electron chi connectivity index (χ4n) is 2.34. The Labute approximate surface area is 157 Å². The topological polar surface area (TPSA) is 76.4 Å². The van der Waals surface area contributed by atoms with E-state index in [0.717, 1.165) is 31.0 Å². The van der Waals surface area contributed by atoms with Gasteiger partial charge in [-0.25, -0.2) is 4.99 Å². The van der Waals surface area contributed by atoms with E-state index in [4.69, 9.17) is 0 Å². The average Bonchev–Trinajstić information content (AvgIpc) is 2.96. The molecule has 9 heteroatoms. The van der Waals surface area contributed by atoms with E-state index in [9.17, 15) is 8.78 Å². The summed E-state index contributed by atoms with van der Waals surface area (Å²) in [7, 11) is 1.89. The number of nitrogens with zero attached hydrogens (tertiary/aromatic N) is 4. The molecule has 1 aromatic heterocycles. The SMILES string of the molecule is CCCCNC(=NCc1ccccc1OC(F)F)NCc1nnc(C)n1C. The van der Waals surface area contributed by atoms with Crippen LogP contribution in [0.25, 0.3) is 0 Å². The van der Waals surface area contributed by atoms with Crippen molar-refractivity contribution in [3.63, 3.8) is 0 Å². The molecule has 27 heavy (non-hydrogen) atoms. The van der Waals surface area contributed by atoms with Crippen LogP contribution in [0.4, 0.5) is 8.78 Å². The third kappa shape index (κ3) is 6.50. The summed E-state index contributed by atoms with van der Waals surface area (Å²) in [5, 5.41) is 14.6. The second kappa shape index (κ2) is 10.4. The molecule has 2 rings (SSSR count). The Balaban J connectivity index is 2.07. The van der Waals surface area contributed by atoms with E-state index in [1.54, 1.807) is 18.2 Å². The van der Waals surface area contributed by atoms with Crippen molar-refractivity contribution in [3.05, 3.63) is 41.5 Å². The maximum Gasteiger partial charge on any atom is 0.387 e. The van der Waals surface area contributed by atoms with Gasteiger partial charge in [-0.15, -0.1) is 10.2 Å². The first-order valence-electron chi connectivity index (χ1n) is 8.91. The number of nitrogens with one attached hydrogen (secondary N) is 2. The number of aryl methyl sites for hydroxylation is 1. The Morgan fingerprint density at radius 2 is 2.04 bits per heavy atom.